The summed E-state index contributed by atoms with van der Waals surface area (Å²) in [5.41, 5.74) is 15.2. The van der Waals surface area contributed by atoms with E-state index < -0.39 is 0 Å². The van der Waals surface area contributed by atoms with Crippen LogP contribution in [-0.2, 0) is 18.6 Å². The summed E-state index contributed by atoms with van der Waals surface area (Å²) in [4.78, 5) is 0. The van der Waals surface area contributed by atoms with Crippen molar-refractivity contribution < 1.29 is 28.1 Å². The van der Waals surface area contributed by atoms with Gasteiger partial charge in [0.2, 0.25) is 0 Å². The van der Waals surface area contributed by atoms with Crippen LogP contribution in [0.2, 0.25) is 5.02 Å². The van der Waals surface area contributed by atoms with Gasteiger partial charge < -0.3 is 39.6 Å². The van der Waals surface area contributed by atoms with Crippen molar-refractivity contribution in [1.82, 2.24) is 0 Å². The Kier molecular flexibility index (Phi) is 7.92. The molecule has 0 amide bonds. The highest BCUT2D eigenvalue weighted by Gasteiger charge is 2.43. The molecule has 0 spiro atoms. The molecular formula is C21H26B2BrClN2O6. The van der Waals surface area contributed by atoms with Gasteiger partial charge in [-0.15, -0.1) is 0 Å². The fourth-order valence-electron chi connectivity index (χ4n) is 4.35. The second-order valence-corrected chi connectivity index (χ2v) is 8.83. The Hall–Kier alpha value is -1.30. The van der Waals surface area contributed by atoms with E-state index in [2.05, 4.69) is 15.9 Å². The molecule has 0 aliphatic carbocycles. The normalized spacial score (nSPS) is 21.9. The summed E-state index contributed by atoms with van der Waals surface area (Å²) in [6.07, 6.45) is -0.315. The van der Waals surface area contributed by atoms with Gasteiger partial charge in [-0.25, -0.2) is 0 Å². The smallest absolute Gasteiger partial charge is 0.492 e. The maximum Gasteiger partial charge on any atom is 0.498 e. The van der Waals surface area contributed by atoms with E-state index in [1.807, 2.05) is 24.3 Å². The summed E-state index contributed by atoms with van der Waals surface area (Å²) in [5, 5.41) is 0.658. The van der Waals surface area contributed by atoms with Crippen molar-refractivity contribution >= 4 is 52.7 Å². The molecule has 0 fully saturated rings. The molecule has 4 N–H and O–H groups in total. The van der Waals surface area contributed by atoms with E-state index in [1.165, 1.54) is 0 Å². The van der Waals surface area contributed by atoms with Crippen LogP contribution in [-0.4, -0.2) is 53.8 Å². The van der Waals surface area contributed by atoms with E-state index >= 15 is 0 Å². The molecule has 33 heavy (non-hydrogen) atoms. The van der Waals surface area contributed by atoms with Gasteiger partial charge >= 0.3 is 14.2 Å². The second kappa shape index (κ2) is 10.5. The molecule has 4 aliphatic rings. The van der Waals surface area contributed by atoms with Crippen LogP contribution in [0.4, 0.5) is 0 Å². The number of benzene rings is 2. The number of ether oxygens (including phenoxy) is 2. The summed E-state index contributed by atoms with van der Waals surface area (Å²) in [7, 11) is -0.724. The van der Waals surface area contributed by atoms with Crippen LogP contribution in [0.1, 0.15) is 30.8 Å². The molecule has 176 valence electrons. The highest BCUT2D eigenvalue weighted by molar-refractivity contribution is 9.10. The van der Waals surface area contributed by atoms with Crippen molar-refractivity contribution in [2.45, 2.75) is 19.6 Å². The Bertz CT molecular complexity index is 940. The molecular weight excluding hydrogens is 513 g/mol. The number of halogens is 2. The summed E-state index contributed by atoms with van der Waals surface area (Å²) in [6, 6.07) is 7.57. The lowest BCUT2D eigenvalue weighted by Gasteiger charge is -2.13. The molecule has 0 aromatic heterocycles. The standard InChI is InChI=1S/C10H11BBrNO3.C10H11BClNO3.CH4/c2*12-6-1-2-7-10-9(6)8(5-13)16-11(10)15-4-3-14-7;/h2*1-2,8H,3-5,13H2;1H4. The van der Waals surface area contributed by atoms with Crippen molar-refractivity contribution in [3.8, 4) is 11.5 Å². The third kappa shape index (κ3) is 4.53. The van der Waals surface area contributed by atoms with Crippen molar-refractivity contribution in [2.24, 2.45) is 11.5 Å². The van der Waals surface area contributed by atoms with Crippen molar-refractivity contribution in [2.75, 3.05) is 39.5 Å². The molecule has 0 radical (unpaired) electrons. The Labute approximate surface area is 207 Å². The lowest BCUT2D eigenvalue weighted by molar-refractivity contribution is 0.147. The molecule has 8 nitrogen and oxygen atoms in total. The zero-order valence-corrected chi connectivity index (χ0v) is 19.6. The quantitative estimate of drug-likeness (QED) is 0.556. The average molecular weight is 539 g/mol. The summed E-state index contributed by atoms with van der Waals surface area (Å²) >= 11 is 9.69. The lowest BCUT2D eigenvalue weighted by atomic mass is 9.78. The highest BCUT2D eigenvalue weighted by atomic mass is 79.9. The number of hydrogen-bond acceptors (Lipinski definition) is 8. The molecule has 4 aliphatic heterocycles. The lowest BCUT2D eigenvalue weighted by Crippen LogP contribution is -2.31. The van der Waals surface area contributed by atoms with Gasteiger partial charge in [0.15, 0.2) is 0 Å². The third-order valence-corrected chi connectivity index (χ3v) is 6.75. The number of rotatable bonds is 2. The van der Waals surface area contributed by atoms with E-state index in [0.717, 1.165) is 38.0 Å². The minimum absolute atomic E-state index is 0. The summed E-state index contributed by atoms with van der Waals surface area (Å²) in [6.45, 7) is 2.95. The van der Waals surface area contributed by atoms with Crippen molar-refractivity contribution in [3.05, 3.63) is 44.9 Å². The van der Waals surface area contributed by atoms with Crippen molar-refractivity contribution in [1.29, 1.82) is 0 Å². The van der Waals surface area contributed by atoms with Gasteiger partial charge in [-0.3, -0.25) is 0 Å². The summed E-state index contributed by atoms with van der Waals surface area (Å²) in [5.74, 6) is 1.63. The zero-order chi connectivity index (χ0) is 22.2. The van der Waals surface area contributed by atoms with Gasteiger partial charge in [0, 0.05) is 39.1 Å². The molecule has 2 aromatic carbocycles. The van der Waals surface area contributed by atoms with E-state index in [9.17, 15) is 0 Å². The maximum atomic E-state index is 6.17. The predicted molar refractivity (Wildman–Crippen MR) is 132 cm³/mol. The fraction of sp³-hybridized carbons (Fsp3) is 0.429. The highest BCUT2D eigenvalue weighted by Crippen LogP contribution is 2.35. The molecule has 4 heterocycles. The van der Waals surface area contributed by atoms with Gasteiger partial charge in [0.1, 0.15) is 24.7 Å². The molecule has 0 saturated heterocycles. The minimum atomic E-state index is -0.389. The maximum absolute atomic E-state index is 6.17. The first-order valence-corrected chi connectivity index (χ1v) is 11.6. The van der Waals surface area contributed by atoms with Crippen LogP contribution in [0, 0.1) is 0 Å². The van der Waals surface area contributed by atoms with Gasteiger partial charge in [0.25, 0.3) is 0 Å². The van der Waals surface area contributed by atoms with E-state index in [4.69, 9.17) is 51.2 Å². The largest absolute Gasteiger partial charge is 0.498 e. The fourth-order valence-corrected chi connectivity index (χ4v) is 5.24. The first-order valence-electron chi connectivity index (χ1n) is 10.5. The van der Waals surface area contributed by atoms with Crippen LogP contribution in [0.5, 0.6) is 11.5 Å². The predicted octanol–water partition coefficient (Wildman–Crippen LogP) is 1.69. The monoisotopic (exact) mass is 538 g/mol. The topological polar surface area (TPSA) is 107 Å². The Morgan fingerprint density at radius 1 is 0.818 bits per heavy atom. The Balaban J connectivity index is 0.000000152. The van der Waals surface area contributed by atoms with Gasteiger partial charge in [-0.1, -0.05) is 35.0 Å². The van der Waals surface area contributed by atoms with Crippen LogP contribution >= 0.6 is 27.5 Å². The van der Waals surface area contributed by atoms with E-state index in [1.54, 1.807) is 0 Å². The molecule has 12 heteroatoms. The number of hydrogen-bond donors (Lipinski definition) is 2. The van der Waals surface area contributed by atoms with Crippen LogP contribution < -0.4 is 31.9 Å². The molecule has 6 rings (SSSR count). The van der Waals surface area contributed by atoms with Crippen LogP contribution in [0.3, 0.4) is 0 Å². The van der Waals surface area contributed by atoms with Crippen LogP contribution in [0.25, 0.3) is 0 Å². The van der Waals surface area contributed by atoms with Crippen LogP contribution in [0.15, 0.2) is 28.7 Å². The van der Waals surface area contributed by atoms with Gasteiger partial charge in [0.05, 0.1) is 25.4 Å². The molecule has 2 aromatic rings. The third-order valence-electron chi connectivity index (χ3n) is 5.73. The Morgan fingerprint density at radius 2 is 1.33 bits per heavy atom. The van der Waals surface area contributed by atoms with Gasteiger partial charge in [-0.2, -0.15) is 0 Å². The van der Waals surface area contributed by atoms with E-state index in [-0.39, 0.29) is 33.9 Å². The Morgan fingerprint density at radius 3 is 1.91 bits per heavy atom. The molecule has 2 atom stereocenters. The molecule has 0 saturated carbocycles. The van der Waals surface area contributed by atoms with Crippen molar-refractivity contribution in [3.63, 3.8) is 0 Å². The minimum Gasteiger partial charge on any atom is -0.492 e. The summed E-state index contributed by atoms with van der Waals surface area (Å²) < 4.78 is 34.8. The second-order valence-electron chi connectivity index (χ2n) is 7.57. The SMILES string of the molecule is C.NCC1OB2OCCOc3ccc(Br)c1c32.NCC1OB2OCCOc3ccc(Cl)c1c32. The molecule has 2 unspecified atom stereocenters. The number of nitrogens with two attached hydrogens (primary N) is 2. The molecule has 0 bridgehead atoms. The first kappa shape index (κ1) is 24.8. The van der Waals surface area contributed by atoms with E-state index in [0.29, 0.717) is 44.5 Å². The first-order chi connectivity index (χ1) is 15.6. The van der Waals surface area contributed by atoms with Gasteiger partial charge in [-0.05, 0) is 29.8 Å². The zero-order valence-electron chi connectivity index (χ0n) is 17.2. The average Bonchev–Trinajstić information content (AvgIpc) is 3.22.